The zero-order chi connectivity index (χ0) is 21.9. The first-order valence-corrected chi connectivity index (χ1v) is 9.99. The van der Waals surface area contributed by atoms with Crippen molar-refractivity contribution in [3.8, 4) is 23.0 Å². The smallest absolute Gasteiger partial charge is 0.203 e. The second-order valence-electron chi connectivity index (χ2n) is 6.93. The van der Waals surface area contributed by atoms with Gasteiger partial charge < -0.3 is 29.6 Å². The molecule has 0 spiro atoms. The van der Waals surface area contributed by atoms with Gasteiger partial charge in [-0.15, -0.1) is 24.0 Å². The summed E-state index contributed by atoms with van der Waals surface area (Å²) in [6.45, 7) is 6.04. The highest BCUT2D eigenvalue weighted by Gasteiger charge is 2.13. The van der Waals surface area contributed by atoms with Crippen LogP contribution in [0.4, 0.5) is 0 Å². The van der Waals surface area contributed by atoms with Crippen molar-refractivity contribution in [2.45, 2.75) is 26.3 Å². The molecule has 0 radical (unpaired) electrons. The zero-order valence-corrected chi connectivity index (χ0v) is 21.5. The van der Waals surface area contributed by atoms with Gasteiger partial charge in [-0.05, 0) is 35.2 Å². The summed E-state index contributed by atoms with van der Waals surface area (Å²) in [7, 11) is 6.53. The number of halogens is 1. The lowest BCUT2D eigenvalue weighted by Gasteiger charge is -2.17. The summed E-state index contributed by atoms with van der Waals surface area (Å²) in [5.41, 5.74) is 2.19. The third-order valence-corrected chi connectivity index (χ3v) is 4.60. The molecular formula is C23H34IN3O4. The fraction of sp³-hybridized carbons (Fsp3) is 0.435. The molecule has 0 aliphatic heterocycles. The molecule has 8 heteroatoms. The van der Waals surface area contributed by atoms with Gasteiger partial charge in [0.05, 0.1) is 27.9 Å². The second kappa shape index (κ2) is 13.8. The molecule has 172 valence electrons. The van der Waals surface area contributed by atoms with Crippen LogP contribution in [0.15, 0.2) is 41.4 Å². The fourth-order valence-corrected chi connectivity index (χ4v) is 3.06. The van der Waals surface area contributed by atoms with Crippen LogP contribution in [0, 0.1) is 0 Å². The lowest BCUT2D eigenvalue weighted by molar-refractivity contribution is 0.317. The van der Waals surface area contributed by atoms with E-state index >= 15 is 0 Å². The topological polar surface area (TPSA) is 73.3 Å². The van der Waals surface area contributed by atoms with Crippen LogP contribution in [0.3, 0.4) is 0 Å². The van der Waals surface area contributed by atoms with Gasteiger partial charge in [0, 0.05) is 13.6 Å². The van der Waals surface area contributed by atoms with Crippen LogP contribution >= 0.6 is 24.0 Å². The standard InChI is InChI=1S/C23H33N3O4.HI/c1-16(2)18-9-7-8-10-19(18)30-12-11-25-23(24-3)26-15-17-13-20(27-4)22(29-6)21(14-17)28-5;/h7-10,13-14,16H,11-12,15H2,1-6H3,(H2,24,25,26);1H. The molecule has 0 fully saturated rings. The molecule has 0 bridgehead atoms. The largest absolute Gasteiger partial charge is 0.493 e. The molecule has 0 amide bonds. The molecular weight excluding hydrogens is 509 g/mol. The van der Waals surface area contributed by atoms with E-state index < -0.39 is 0 Å². The van der Waals surface area contributed by atoms with Gasteiger partial charge in [-0.2, -0.15) is 0 Å². The van der Waals surface area contributed by atoms with Gasteiger partial charge >= 0.3 is 0 Å². The van der Waals surface area contributed by atoms with Crippen LogP contribution < -0.4 is 29.6 Å². The maximum Gasteiger partial charge on any atom is 0.203 e. The molecule has 7 nitrogen and oxygen atoms in total. The predicted octanol–water partition coefficient (Wildman–Crippen LogP) is 4.20. The molecule has 0 unspecified atom stereocenters. The summed E-state index contributed by atoms with van der Waals surface area (Å²) < 4.78 is 22.1. The average molecular weight is 543 g/mol. The quantitative estimate of drug-likeness (QED) is 0.203. The van der Waals surface area contributed by atoms with E-state index in [4.69, 9.17) is 18.9 Å². The van der Waals surface area contributed by atoms with E-state index in [1.165, 1.54) is 5.56 Å². The monoisotopic (exact) mass is 543 g/mol. The number of rotatable bonds is 10. The molecule has 0 saturated carbocycles. The van der Waals surface area contributed by atoms with E-state index in [-0.39, 0.29) is 24.0 Å². The van der Waals surface area contributed by atoms with E-state index in [0.29, 0.717) is 48.8 Å². The predicted molar refractivity (Wildman–Crippen MR) is 136 cm³/mol. The average Bonchev–Trinajstić information content (AvgIpc) is 2.77. The van der Waals surface area contributed by atoms with E-state index in [1.807, 2.05) is 30.3 Å². The van der Waals surface area contributed by atoms with Crippen molar-refractivity contribution in [1.82, 2.24) is 10.6 Å². The molecule has 0 atom stereocenters. The minimum absolute atomic E-state index is 0. The first kappa shape index (κ1) is 26.7. The molecule has 2 N–H and O–H groups in total. The van der Waals surface area contributed by atoms with Crippen LogP contribution in [0.25, 0.3) is 0 Å². The summed E-state index contributed by atoms with van der Waals surface area (Å²) in [5, 5.41) is 6.55. The number of aliphatic imine (C=N–C) groups is 1. The number of methoxy groups -OCH3 is 3. The lowest BCUT2D eigenvalue weighted by atomic mass is 10.0. The maximum absolute atomic E-state index is 5.95. The van der Waals surface area contributed by atoms with Crippen LogP contribution in [0.1, 0.15) is 30.9 Å². The van der Waals surface area contributed by atoms with Crippen molar-refractivity contribution in [2.75, 3.05) is 41.5 Å². The van der Waals surface area contributed by atoms with Crippen molar-refractivity contribution >= 4 is 29.9 Å². The Hall–Kier alpha value is -2.36. The lowest BCUT2D eigenvalue weighted by Crippen LogP contribution is -2.38. The van der Waals surface area contributed by atoms with Crippen molar-refractivity contribution < 1.29 is 18.9 Å². The zero-order valence-electron chi connectivity index (χ0n) is 19.2. The number of guanidine groups is 1. The highest BCUT2D eigenvalue weighted by atomic mass is 127. The molecule has 2 rings (SSSR count). The Kier molecular flexibility index (Phi) is 11.9. The molecule has 2 aromatic rings. The first-order chi connectivity index (χ1) is 14.5. The van der Waals surface area contributed by atoms with Crippen molar-refractivity contribution in [3.05, 3.63) is 47.5 Å². The van der Waals surface area contributed by atoms with E-state index in [2.05, 4.69) is 35.5 Å². The van der Waals surface area contributed by atoms with E-state index in [0.717, 1.165) is 11.3 Å². The van der Waals surface area contributed by atoms with Gasteiger partial charge in [0.25, 0.3) is 0 Å². The molecule has 0 aromatic heterocycles. The van der Waals surface area contributed by atoms with Gasteiger partial charge in [0.2, 0.25) is 5.75 Å². The Morgan fingerprint density at radius 1 is 0.935 bits per heavy atom. The number of nitrogens with zero attached hydrogens (tertiary/aromatic N) is 1. The van der Waals surface area contributed by atoms with E-state index in [1.54, 1.807) is 28.4 Å². The summed E-state index contributed by atoms with van der Waals surface area (Å²) in [6.07, 6.45) is 0. The fourth-order valence-electron chi connectivity index (χ4n) is 3.06. The molecule has 0 aliphatic carbocycles. The Bertz CT molecular complexity index is 818. The first-order valence-electron chi connectivity index (χ1n) is 9.99. The molecule has 2 aromatic carbocycles. The minimum atomic E-state index is 0. The summed E-state index contributed by atoms with van der Waals surface area (Å²) >= 11 is 0. The molecule has 0 aliphatic rings. The third-order valence-electron chi connectivity index (χ3n) is 4.60. The van der Waals surface area contributed by atoms with Crippen molar-refractivity contribution in [1.29, 1.82) is 0 Å². The summed E-state index contributed by atoms with van der Waals surface area (Å²) in [4.78, 5) is 4.26. The normalized spacial score (nSPS) is 10.9. The summed E-state index contributed by atoms with van der Waals surface area (Å²) in [6, 6.07) is 12.0. The highest BCUT2D eigenvalue weighted by Crippen LogP contribution is 2.38. The number of ether oxygens (including phenoxy) is 4. The molecule has 31 heavy (non-hydrogen) atoms. The van der Waals surface area contributed by atoms with Crippen molar-refractivity contribution in [2.24, 2.45) is 4.99 Å². The molecule has 0 saturated heterocycles. The van der Waals surface area contributed by atoms with Crippen LogP contribution in [0.2, 0.25) is 0 Å². The number of hydrogen-bond acceptors (Lipinski definition) is 5. The van der Waals surface area contributed by atoms with Crippen LogP contribution in [0.5, 0.6) is 23.0 Å². The van der Waals surface area contributed by atoms with Gasteiger partial charge in [-0.1, -0.05) is 32.0 Å². The second-order valence-corrected chi connectivity index (χ2v) is 6.93. The Morgan fingerprint density at radius 2 is 1.58 bits per heavy atom. The van der Waals surface area contributed by atoms with Gasteiger partial charge in [0.15, 0.2) is 17.5 Å². The Labute approximate surface area is 202 Å². The Morgan fingerprint density at radius 3 is 2.13 bits per heavy atom. The Balaban J connectivity index is 0.00000480. The third kappa shape index (κ3) is 7.68. The molecule has 0 heterocycles. The summed E-state index contributed by atoms with van der Waals surface area (Å²) in [5.74, 6) is 3.84. The SMILES string of the molecule is CN=C(NCCOc1ccccc1C(C)C)NCc1cc(OC)c(OC)c(OC)c1.I. The number of para-hydroxylation sites is 1. The maximum atomic E-state index is 5.95. The van der Waals surface area contributed by atoms with Crippen molar-refractivity contribution in [3.63, 3.8) is 0 Å². The number of nitrogens with one attached hydrogen (secondary N) is 2. The van der Waals surface area contributed by atoms with Gasteiger partial charge in [-0.25, -0.2) is 0 Å². The van der Waals surface area contributed by atoms with E-state index in [9.17, 15) is 0 Å². The van der Waals surface area contributed by atoms with Gasteiger partial charge in [-0.3, -0.25) is 4.99 Å². The number of hydrogen-bond donors (Lipinski definition) is 2. The van der Waals surface area contributed by atoms with Gasteiger partial charge in [0.1, 0.15) is 12.4 Å². The number of benzene rings is 2. The van der Waals surface area contributed by atoms with Crippen LogP contribution in [-0.2, 0) is 6.54 Å². The highest BCUT2D eigenvalue weighted by molar-refractivity contribution is 14.0. The minimum Gasteiger partial charge on any atom is -0.493 e. The van der Waals surface area contributed by atoms with Crippen LogP contribution in [-0.4, -0.2) is 47.5 Å².